The first-order chi connectivity index (χ1) is 5.66. The number of rotatable bonds is 1. The number of hydrogen-bond donors (Lipinski definition) is 1. The predicted octanol–water partition coefficient (Wildman–Crippen LogP) is -1.25. The molecule has 14 heavy (non-hydrogen) atoms. The number of carboxylic acids is 1. The molecule has 0 saturated heterocycles. The Bertz CT molecular complexity index is 250. The Morgan fingerprint density at radius 3 is 1.86 bits per heavy atom. The minimum absolute atomic E-state index is 0. The first-order valence-electron chi connectivity index (χ1n) is 3.39. The number of hydrogen-bond acceptors (Lipinski definition) is 1. The molecule has 0 unspecified atom stereocenters. The van der Waals surface area contributed by atoms with Crippen LogP contribution < -0.4 is 12.4 Å². The van der Waals surface area contributed by atoms with E-state index in [1.807, 2.05) is 30.3 Å². The Morgan fingerprint density at radius 2 is 1.71 bits per heavy atom. The molecule has 0 saturated carbocycles. The van der Waals surface area contributed by atoms with Gasteiger partial charge < -0.3 is 17.5 Å². The van der Waals surface area contributed by atoms with E-state index >= 15 is 0 Å². The van der Waals surface area contributed by atoms with Gasteiger partial charge in [0.25, 0.3) is 0 Å². The Balaban J connectivity index is -0.000000159. The molecule has 0 atom stereocenters. The first kappa shape index (κ1) is 19.0. The van der Waals surface area contributed by atoms with Gasteiger partial charge in [-0.25, -0.2) is 4.79 Å². The Labute approximate surface area is 107 Å². The smallest absolute Gasteiger partial charge is 1.00 e. The van der Waals surface area contributed by atoms with E-state index in [4.69, 9.17) is 5.11 Å². The summed E-state index contributed by atoms with van der Waals surface area (Å²) in [5.41, 5.74) is 1.07. The largest absolute Gasteiger partial charge is 2.00 e. The van der Waals surface area contributed by atoms with Crippen molar-refractivity contribution in [3.05, 3.63) is 55.5 Å². The number of halogens is 1. The van der Waals surface area contributed by atoms with E-state index in [0.29, 0.717) is 0 Å². The van der Waals surface area contributed by atoms with Crippen LogP contribution in [0.3, 0.4) is 0 Å². The van der Waals surface area contributed by atoms with Gasteiger partial charge in [-0.1, -0.05) is 12.6 Å². The van der Waals surface area contributed by atoms with Gasteiger partial charge in [-0.3, -0.25) is 0 Å². The van der Waals surface area contributed by atoms with Gasteiger partial charge in [0, 0.05) is 6.08 Å². The zero-order valence-corrected chi connectivity index (χ0v) is 9.99. The Morgan fingerprint density at radius 1 is 1.36 bits per heavy atom. The first-order valence-corrected chi connectivity index (χ1v) is 3.39. The van der Waals surface area contributed by atoms with Crippen LogP contribution in [0.15, 0.2) is 43.0 Å². The van der Waals surface area contributed by atoms with Crippen molar-refractivity contribution in [2.45, 2.75) is 0 Å². The van der Waals surface area contributed by atoms with E-state index in [2.05, 4.69) is 13.5 Å². The van der Waals surface area contributed by atoms with Gasteiger partial charge in [-0.2, -0.15) is 24.6 Å². The monoisotopic (exact) mass is 222 g/mol. The van der Waals surface area contributed by atoms with Crippen molar-refractivity contribution < 1.29 is 22.3 Å². The summed E-state index contributed by atoms with van der Waals surface area (Å²) in [6, 6.07) is 9.87. The van der Waals surface area contributed by atoms with E-state index in [1.165, 1.54) is 0 Å². The van der Waals surface area contributed by atoms with Gasteiger partial charge in [0.15, 0.2) is 0 Å². The van der Waals surface area contributed by atoms with Crippen LogP contribution in [0.4, 0.5) is 0 Å². The second kappa shape index (κ2) is 12.4. The van der Waals surface area contributed by atoms with Crippen molar-refractivity contribution in [1.29, 1.82) is 0 Å². The summed E-state index contributed by atoms with van der Waals surface area (Å²) in [5, 5.41) is 7.60. The van der Waals surface area contributed by atoms with Crippen molar-refractivity contribution in [1.82, 2.24) is 0 Å². The van der Waals surface area contributed by atoms with Gasteiger partial charge in [0.1, 0.15) is 0 Å². The second-order valence-electron chi connectivity index (χ2n) is 2.03. The van der Waals surface area contributed by atoms with Crippen LogP contribution in [-0.4, -0.2) is 34.1 Å². The van der Waals surface area contributed by atoms with Crippen molar-refractivity contribution in [3.8, 4) is 0 Å². The standard InChI is InChI=1S/C7H7.C3H4O2.ClH.Mg/c1-7-5-3-2-4-6-7;1-2-3(4)5;;/h2-6H,1H2;2H,1H2,(H,4,5);1H;/q-1;;;+2/p-1. The fourth-order valence-corrected chi connectivity index (χ4v) is 0.478. The van der Waals surface area contributed by atoms with Crippen molar-refractivity contribution in [2.75, 3.05) is 0 Å². The topological polar surface area (TPSA) is 37.3 Å². The number of aliphatic carboxylic acids is 1. The number of benzene rings is 1. The summed E-state index contributed by atoms with van der Waals surface area (Å²) in [7, 11) is 0. The van der Waals surface area contributed by atoms with E-state index in [-0.39, 0.29) is 35.5 Å². The molecule has 0 radical (unpaired) electrons. The molecule has 2 nitrogen and oxygen atoms in total. The average molecular weight is 223 g/mol. The third kappa shape index (κ3) is 13.9. The fraction of sp³-hybridized carbons (Fsp3) is 0. The van der Waals surface area contributed by atoms with Crippen LogP contribution in [0.25, 0.3) is 0 Å². The third-order valence-corrected chi connectivity index (χ3v) is 1.02. The summed E-state index contributed by atoms with van der Waals surface area (Å²) in [4.78, 5) is 9.25. The SMILES string of the molecule is C=CC(=O)O.[CH2-]c1ccccc1.[Cl-].[Mg+2]. The number of carbonyl (C=O) groups is 1. The zero-order valence-electron chi connectivity index (χ0n) is 7.82. The molecule has 0 amide bonds. The summed E-state index contributed by atoms with van der Waals surface area (Å²) in [5.74, 6) is -0.981. The molecule has 0 fully saturated rings. The predicted molar refractivity (Wildman–Crippen MR) is 54.5 cm³/mol. The molecule has 4 heteroatoms. The molecular weight excluding hydrogens is 212 g/mol. The fourth-order valence-electron chi connectivity index (χ4n) is 0.478. The minimum Gasteiger partial charge on any atom is -1.00 e. The van der Waals surface area contributed by atoms with Crippen LogP contribution in [0.1, 0.15) is 5.56 Å². The maximum absolute atomic E-state index is 9.25. The molecule has 0 spiro atoms. The van der Waals surface area contributed by atoms with E-state index in [9.17, 15) is 4.79 Å². The molecule has 1 N–H and O–H groups in total. The van der Waals surface area contributed by atoms with E-state index in [0.717, 1.165) is 11.6 Å². The molecule has 1 aromatic carbocycles. The summed E-state index contributed by atoms with van der Waals surface area (Å²) >= 11 is 0. The normalized spacial score (nSPS) is 6.57. The number of carboxylic acid groups (broad SMARTS) is 1. The second-order valence-corrected chi connectivity index (χ2v) is 2.03. The Kier molecular flexibility index (Phi) is 16.8. The van der Waals surface area contributed by atoms with E-state index in [1.54, 1.807) is 0 Å². The van der Waals surface area contributed by atoms with Gasteiger partial charge in [0.05, 0.1) is 0 Å². The molecule has 1 aromatic rings. The van der Waals surface area contributed by atoms with Crippen molar-refractivity contribution in [3.63, 3.8) is 0 Å². The van der Waals surface area contributed by atoms with Gasteiger partial charge in [-0.05, 0) is 0 Å². The molecular formula is C10H11ClMgO2. The van der Waals surface area contributed by atoms with Gasteiger partial charge in [0.2, 0.25) is 0 Å². The van der Waals surface area contributed by atoms with Crippen LogP contribution >= 0.6 is 0 Å². The molecule has 72 valence electrons. The van der Waals surface area contributed by atoms with Crippen molar-refractivity contribution in [2.24, 2.45) is 0 Å². The van der Waals surface area contributed by atoms with Crippen LogP contribution in [0.5, 0.6) is 0 Å². The average Bonchev–Trinajstić information content (AvgIpc) is 2.07. The maximum atomic E-state index is 9.25. The molecule has 1 rings (SSSR count). The maximum Gasteiger partial charge on any atom is 2.00 e. The summed E-state index contributed by atoms with van der Waals surface area (Å²) in [6.45, 7) is 6.68. The molecule has 0 aromatic heterocycles. The third-order valence-electron chi connectivity index (χ3n) is 1.02. The van der Waals surface area contributed by atoms with Crippen molar-refractivity contribution >= 4 is 29.0 Å². The molecule has 0 aliphatic rings. The molecule has 0 aliphatic heterocycles. The quantitative estimate of drug-likeness (QED) is 0.367. The van der Waals surface area contributed by atoms with Crippen LogP contribution in [0.2, 0.25) is 0 Å². The van der Waals surface area contributed by atoms with Gasteiger partial charge >= 0.3 is 29.0 Å². The van der Waals surface area contributed by atoms with Crippen LogP contribution in [-0.2, 0) is 4.79 Å². The zero-order chi connectivity index (χ0) is 9.40. The van der Waals surface area contributed by atoms with E-state index < -0.39 is 5.97 Å². The minimum atomic E-state index is -0.981. The summed E-state index contributed by atoms with van der Waals surface area (Å²) < 4.78 is 0. The summed E-state index contributed by atoms with van der Waals surface area (Å²) in [6.07, 6.45) is 0.833. The Hall–Kier alpha value is -0.644. The molecule has 0 aliphatic carbocycles. The molecule has 0 heterocycles. The molecule has 0 bridgehead atoms. The van der Waals surface area contributed by atoms with Gasteiger partial charge in [-0.15, -0.1) is 12.1 Å². The van der Waals surface area contributed by atoms with Crippen LogP contribution in [0, 0.1) is 6.92 Å².